The van der Waals surface area contributed by atoms with Gasteiger partial charge in [0.05, 0.1) is 10.9 Å². The number of nitrogens with two attached hydrogens (primary N) is 1. The molecule has 4 rings (SSSR count). The van der Waals surface area contributed by atoms with E-state index in [1.54, 1.807) is 18.2 Å². The third-order valence-electron chi connectivity index (χ3n) is 5.23. The van der Waals surface area contributed by atoms with Crippen LogP contribution in [0.25, 0.3) is 22.2 Å². The SMILES string of the molecule is NC(=O)[C@@H]1CCCCN1C(=O)COC(=O)c1ccc2noc(-c3ccccc3)c2c1. The lowest BCUT2D eigenvalue weighted by molar-refractivity contribution is -0.143. The first-order valence-electron chi connectivity index (χ1n) is 9.75. The van der Waals surface area contributed by atoms with Gasteiger partial charge in [-0.25, -0.2) is 4.79 Å². The molecule has 1 atom stereocenters. The number of amides is 2. The first-order valence-corrected chi connectivity index (χ1v) is 9.75. The van der Waals surface area contributed by atoms with Crippen molar-refractivity contribution in [3.63, 3.8) is 0 Å². The monoisotopic (exact) mass is 407 g/mol. The summed E-state index contributed by atoms with van der Waals surface area (Å²) in [6.07, 6.45) is 2.15. The molecule has 1 aliphatic rings. The maximum Gasteiger partial charge on any atom is 0.338 e. The molecule has 0 bridgehead atoms. The second-order valence-corrected chi connectivity index (χ2v) is 7.19. The highest BCUT2D eigenvalue weighted by Crippen LogP contribution is 2.29. The minimum atomic E-state index is -0.647. The maximum atomic E-state index is 12.5. The summed E-state index contributed by atoms with van der Waals surface area (Å²) in [4.78, 5) is 38.0. The van der Waals surface area contributed by atoms with Gasteiger partial charge >= 0.3 is 5.97 Å². The Morgan fingerprint density at radius 1 is 1.13 bits per heavy atom. The van der Waals surface area contributed by atoms with E-state index in [2.05, 4.69) is 5.16 Å². The number of likely N-dealkylation sites (tertiary alicyclic amines) is 1. The van der Waals surface area contributed by atoms with Crippen molar-refractivity contribution in [1.29, 1.82) is 0 Å². The molecular formula is C22H21N3O5. The van der Waals surface area contributed by atoms with Crippen LogP contribution in [-0.4, -0.2) is 47.0 Å². The highest BCUT2D eigenvalue weighted by molar-refractivity contribution is 5.99. The van der Waals surface area contributed by atoms with E-state index in [9.17, 15) is 14.4 Å². The van der Waals surface area contributed by atoms with Gasteiger partial charge in [0.2, 0.25) is 5.91 Å². The summed E-state index contributed by atoms with van der Waals surface area (Å²) in [6.45, 7) is -0.0209. The van der Waals surface area contributed by atoms with Crippen LogP contribution in [0, 0.1) is 0 Å². The Labute approximate surface area is 172 Å². The van der Waals surface area contributed by atoms with E-state index in [0.717, 1.165) is 18.4 Å². The van der Waals surface area contributed by atoms with Gasteiger partial charge in [0.15, 0.2) is 12.4 Å². The van der Waals surface area contributed by atoms with E-state index in [-0.39, 0.29) is 5.56 Å². The molecule has 1 fully saturated rings. The molecule has 1 saturated heterocycles. The minimum Gasteiger partial charge on any atom is -0.452 e. The summed E-state index contributed by atoms with van der Waals surface area (Å²) in [7, 11) is 0. The van der Waals surface area contributed by atoms with Crippen molar-refractivity contribution >= 4 is 28.7 Å². The zero-order chi connectivity index (χ0) is 21.1. The van der Waals surface area contributed by atoms with Crippen LogP contribution in [0.2, 0.25) is 0 Å². The molecule has 0 aliphatic carbocycles. The fourth-order valence-corrected chi connectivity index (χ4v) is 3.69. The van der Waals surface area contributed by atoms with Crippen molar-refractivity contribution < 1.29 is 23.6 Å². The van der Waals surface area contributed by atoms with Crippen molar-refractivity contribution in [2.45, 2.75) is 25.3 Å². The third kappa shape index (κ3) is 3.89. The Kier molecular flexibility index (Phi) is 5.47. The molecule has 8 nitrogen and oxygen atoms in total. The van der Waals surface area contributed by atoms with Gasteiger partial charge in [0.1, 0.15) is 11.6 Å². The molecule has 2 heterocycles. The zero-order valence-corrected chi connectivity index (χ0v) is 16.2. The lowest BCUT2D eigenvalue weighted by Crippen LogP contribution is -2.51. The molecule has 2 amide bonds. The molecule has 0 unspecified atom stereocenters. The Morgan fingerprint density at radius 2 is 1.93 bits per heavy atom. The van der Waals surface area contributed by atoms with Crippen molar-refractivity contribution in [3.05, 3.63) is 54.1 Å². The zero-order valence-electron chi connectivity index (χ0n) is 16.2. The number of primary amides is 1. The van der Waals surface area contributed by atoms with Crippen LogP contribution in [0.15, 0.2) is 53.1 Å². The Hall–Kier alpha value is -3.68. The smallest absolute Gasteiger partial charge is 0.338 e. The van der Waals surface area contributed by atoms with Crippen LogP contribution in [0.4, 0.5) is 0 Å². The number of hydrogen-bond donors (Lipinski definition) is 1. The van der Waals surface area contributed by atoms with Gasteiger partial charge < -0.3 is 19.9 Å². The van der Waals surface area contributed by atoms with Crippen molar-refractivity contribution in [2.24, 2.45) is 5.73 Å². The van der Waals surface area contributed by atoms with Crippen molar-refractivity contribution in [2.75, 3.05) is 13.2 Å². The first kappa shape index (κ1) is 19.6. The Bertz CT molecular complexity index is 1090. The van der Waals surface area contributed by atoms with Gasteiger partial charge in [-0.2, -0.15) is 0 Å². The number of rotatable bonds is 5. The summed E-state index contributed by atoms with van der Waals surface area (Å²) in [5.41, 5.74) is 7.12. The lowest BCUT2D eigenvalue weighted by atomic mass is 10.0. The van der Waals surface area contributed by atoms with Gasteiger partial charge in [-0.3, -0.25) is 9.59 Å². The van der Waals surface area contributed by atoms with E-state index >= 15 is 0 Å². The summed E-state index contributed by atoms with van der Waals surface area (Å²) in [6, 6.07) is 13.7. The summed E-state index contributed by atoms with van der Waals surface area (Å²) >= 11 is 0. The molecule has 0 saturated carbocycles. The number of benzene rings is 2. The highest BCUT2D eigenvalue weighted by atomic mass is 16.5. The number of nitrogens with zero attached hydrogens (tertiary/aromatic N) is 2. The van der Waals surface area contributed by atoms with E-state index in [1.807, 2.05) is 30.3 Å². The van der Waals surface area contributed by atoms with Gasteiger partial charge in [0.25, 0.3) is 5.91 Å². The second kappa shape index (κ2) is 8.36. The maximum absolute atomic E-state index is 12.5. The van der Waals surface area contributed by atoms with E-state index in [1.165, 1.54) is 4.90 Å². The molecule has 2 aromatic carbocycles. The van der Waals surface area contributed by atoms with Gasteiger partial charge in [-0.15, -0.1) is 0 Å². The highest BCUT2D eigenvalue weighted by Gasteiger charge is 2.31. The molecule has 0 spiro atoms. The Morgan fingerprint density at radius 3 is 2.70 bits per heavy atom. The number of esters is 1. The average Bonchev–Trinajstić information content (AvgIpc) is 3.21. The number of ether oxygens (including phenoxy) is 1. The molecule has 3 aromatic rings. The van der Waals surface area contributed by atoms with Crippen molar-refractivity contribution in [3.8, 4) is 11.3 Å². The topological polar surface area (TPSA) is 116 Å². The van der Waals surface area contributed by atoms with E-state index < -0.39 is 30.4 Å². The van der Waals surface area contributed by atoms with Crippen LogP contribution >= 0.6 is 0 Å². The summed E-state index contributed by atoms with van der Waals surface area (Å²) < 4.78 is 10.6. The molecule has 30 heavy (non-hydrogen) atoms. The molecular weight excluding hydrogens is 386 g/mol. The van der Waals surface area contributed by atoms with Crippen LogP contribution in [0.1, 0.15) is 29.6 Å². The van der Waals surface area contributed by atoms with Crippen molar-refractivity contribution in [1.82, 2.24) is 10.1 Å². The van der Waals surface area contributed by atoms with Gasteiger partial charge in [-0.05, 0) is 37.5 Å². The predicted octanol–water partition coefficient (Wildman–Crippen LogP) is 2.52. The van der Waals surface area contributed by atoms with E-state index in [0.29, 0.717) is 29.6 Å². The molecule has 8 heteroatoms. The van der Waals surface area contributed by atoms with Gasteiger partial charge in [-0.1, -0.05) is 35.5 Å². The normalized spacial score (nSPS) is 16.4. The number of piperidine rings is 1. The van der Waals surface area contributed by atoms with Crippen LogP contribution in [-0.2, 0) is 14.3 Å². The third-order valence-corrected chi connectivity index (χ3v) is 5.23. The lowest BCUT2D eigenvalue weighted by Gasteiger charge is -2.33. The Balaban J connectivity index is 1.48. The van der Waals surface area contributed by atoms with Crippen LogP contribution < -0.4 is 5.73 Å². The van der Waals surface area contributed by atoms with Gasteiger partial charge in [0, 0.05) is 12.1 Å². The fraction of sp³-hybridized carbons (Fsp3) is 0.273. The summed E-state index contributed by atoms with van der Waals surface area (Å²) in [5, 5.41) is 4.70. The molecule has 154 valence electrons. The summed E-state index contributed by atoms with van der Waals surface area (Å²) in [5.74, 6) is -1.06. The molecule has 2 N–H and O–H groups in total. The predicted molar refractivity (Wildman–Crippen MR) is 108 cm³/mol. The largest absolute Gasteiger partial charge is 0.452 e. The number of aromatic nitrogens is 1. The number of carbonyl (C=O) groups excluding carboxylic acids is 3. The fourth-order valence-electron chi connectivity index (χ4n) is 3.69. The average molecular weight is 407 g/mol. The number of fused-ring (bicyclic) bond motifs is 1. The number of hydrogen-bond acceptors (Lipinski definition) is 6. The van der Waals surface area contributed by atoms with Crippen LogP contribution in [0.5, 0.6) is 0 Å². The number of carbonyl (C=O) groups is 3. The quantitative estimate of drug-likeness (QED) is 0.650. The standard InChI is InChI=1S/C22H21N3O5/c23-21(27)18-8-4-5-11-25(18)19(26)13-29-22(28)15-9-10-17-16(12-15)20(30-24-17)14-6-2-1-3-7-14/h1-3,6-7,9-10,12,18H,4-5,8,11,13H2,(H2,23,27)/t18-/m0/s1. The molecule has 0 radical (unpaired) electrons. The molecule has 1 aliphatic heterocycles. The first-order chi connectivity index (χ1) is 14.5. The molecule has 1 aromatic heterocycles. The minimum absolute atomic E-state index is 0.278. The van der Waals surface area contributed by atoms with E-state index in [4.69, 9.17) is 15.0 Å². The second-order valence-electron chi connectivity index (χ2n) is 7.19. The van der Waals surface area contributed by atoms with Crippen LogP contribution in [0.3, 0.4) is 0 Å².